The number of aliphatic hydroxyl groups excluding tert-OH is 1. The van der Waals surface area contributed by atoms with Gasteiger partial charge in [-0.1, -0.05) is 23.7 Å². The highest BCUT2D eigenvalue weighted by Gasteiger charge is 2.09. The average Bonchev–Trinajstić information content (AvgIpc) is 2.73. The molecule has 0 spiro atoms. The van der Waals surface area contributed by atoms with Crippen molar-refractivity contribution in [1.82, 2.24) is 14.8 Å². The molecule has 1 aromatic heterocycles. The SMILES string of the molecule is Cn1cnnc1COc1c(Cl)cccc1CO. The molecule has 0 unspecified atom stereocenters. The lowest BCUT2D eigenvalue weighted by molar-refractivity contribution is 0.254. The summed E-state index contributed by atoms with van der Waals surface area (Å²) in [5, 5.41) is 17.3. The van der Waals surface area contributed by atoms with Crippen LogP contribution in [0.5, 0.6) is 5.75 Å². The molecule has 0 aliphatic carbocycles. The van der Waals surface area contributed by atoms with Crippen LogP contribution in [-0.2, 0) is 20.3 Å². The van der Waals surface area contributed by atoms with Crippen LogP contribution in [0.25, 0.3) is 0 Å². The van der Waals surface area contributed by atoms with Gasteiger partial charge in [0.2, 0.25) is 0 Å². The summed E-state index contributed by atoms with van der Waals surface area (Å²) in [6.45, 7) is 0.141. The van der Waals surface area contributed by atoms with Gasteiger partial charge in [0.15, 0.2) is 5.82 Å². The van der Waals surface area contributed by atoms with Crippen molar-refractivity contribution in [2.24, 2.45) is 7.05 Å². The van der Waals surface area contributed by atoms with Gasteiger partial charge in [-0.15, -0.1) is 10.2 Å². The zero-order chi connectivity index (χ0) is 12.3. The second kappa shape index (κ2) is 5.16. The molecule has 1 heterocycles. The Kier molecular flexibility index (Phi) is 3.61. The predicted octanol–water partition coefficient (Wildman–Crippen LogP) is 1.54. The molecule has 5 nitrogen and oxygen atoms in total. The predicted molar refractivity (Wildman–Crippen MR) is 62.7 cm³/mol. The maximum Gasteiger partial charge on any atom is 0.170 e. The number of hydrogen-bond acceptors (Lipinski definition) is 4. The van der Waals surface area contributed by atoms with Crippen LogP contribution in [0, 0.1) is 0 Å². The Labute approximate surface area is 104 Å². The molecule has 6 heteroatoms. The summed E-state index contributed by atoms with van der Waals surface area (Å²) in [5.74, 6) is 1.17. The summed E-state index contributed by atoms with van der Waals surface area (Å²) < 4.78 is 7.33. The second-order valence-corrected chi connectivity index (χ2v) is 3.94. The molecule has 1 aromatic carbocycles. The lowest BCUT2D eigenvalue weighted by Crippen LogP contribution is -2.05. The van der Waals surface area contributed by atoms with Gasteiger partial charge in [-0.25, -0.2) is 0 Å². The van der Waals surface area contributed by atoms with Crippen LogP contribution in [-0.4, -0.2) is 19.9 Å². The van der Waals surface area contributed by atoms with E-state index in [4.69, 9.17) is 16.3 Å². The van der Waals surface area contributed by atoms with E-state index in [0.29, 0.717) is 22.2 Å². The second-order valence-electron chi connectivity index (χ2n) is 3.53. The van der Waals surface area contributed by atoms with Gasteiger partial charge in [0.25, 0.3) is 0 Å². The maximum atomic E-state index is 9.18. The molecular weight excluding hydrogens is 242 g/mol. The molecule has 2 rings (SSSR count). The van der Waals surface area contributed by atoms with E-state index < -0.39 is 0 Å². The van der Waals surface area contributed by atoms with Crippen molar-refractivity contribution in [3.8, 4) is 5.75 Å². The number of rotatable bonds is 4. The Morgan fingerprint density at radius 2 is 2.29 bits per heavy atom. The van der Waals surface area contributed by atoms with Crippen molar-refractivity contribution in [3.63, 3.8) is 0 Å². The fourth-order valence-electron chi connectivity index (χ4n) is 1.41. The molecule has 0 amide bonds. The Bertz CT molecular complexity index is 513. The highest BCUT2D eigenvalue weighted by molar-refractivity contribution is 6.32. The van der Waals surface area contributed by atoms with Gasteiger partial charge >= 0.3 is 0 Å². The van der Waals surface area contributed by atoms with Crippen LogP contribution in [0.3, 0.4) is 0 Å². The first-order valence-electron chi connectivity index (χ1n) is 5.06. The number of aromatic nitrogens is 3. The van der Waals surface area contributed by atoms with E-state index in [1.165, 1.54) is 0 Å². The third kappa shape index (κ3) is 2.57. The highest BCUT2D eigenvalue weighted by atomic mass is 35.5. The number of benzene rings is 1. The summed E-state index contributed by atoms with van der Waals surface area (Å²) in [5.41, 5.74) is 0.652. The maximum absolute atomic E-state index is 9.18. The molecule has 0 fully saturated rings. The Morgan fingerprint density at radius 1 is 1.47 bits per heavy atom. The van der Waals surface area contributed by atoms with Gasteiger partial charge in [0.1, 0.15) is 18.7 Å². The minimum atomic E-state index is -0.116. The number of hydrogen-bond donors (Lipinski definition) is 1. The number of nitrogens with zero attached hydrogens (tertiary/aromatic N) is 3. The highest BCUT2D eigenvalue weighted by Crippen LogP contribution is 2.29. The topological polar surface area (TPSA) is 60.2 Å². The van der Waals surface area contributed by atoms with Crippen LogP contribution in [0.2, 0.25) is 5.02 Å². The first-order chi connectivity index (χ1) is 8.22. The molecule has 0 aliphatic heterocycles. The molecule has 0 atom stereocenters. The van der Waals surface area contributed by atoms with E-state index in [1.807, 2.05) is 7.05 Å². The molecule has 0 saturated heterocycles. The largest absolute Gasteiger partial charge is 0.484 e. The zero-order valence-corrected chi connectivity index (χ0v) is 10.1. The number of ether oxygens (including phenoxy) is 1. The third-order valence-corrected chi connectivity index (χ3v) is 2.67. The third-order valence-electron chi connectivity index (χ3n) is 2.37. The fourth-order valence-corrected chi connectivity index (χ4v) is 1.66. The van der Waals surface area contributed by atoms with Crippen LogP contribution in [0.1, 0.15) is 11.4 Å². The normalized spacial score (nSPS) is 10.5. The Balaban J connectivity index is 2.16. The van der Waals surface area contributed by atoms with Gasteiger partial charge < -0.3 is 14.4 Å². The summed E-state index contributed by atoms with van der Waals surface area (Å²) in [6, 6.07) is 5.24. The summed E-state index contributed by atoms with van der Waals surface area (Å²) in [7, 11) is 1.83. The molecule has 90 valence electrons. The summed E-state index contributed by atoms with van der Waals surface area (Å²) >= 11 is 6.01. The quantitative estimate of drug-likeness (QED) is 0.898. The lowest BCUT2D eigenvalue weighted by atomic mass is 10.2. The minimum absolute atomic E-state index is 0.116. The van der Waals surface area contributed by atoms with Crippen LogP contribution in [0.4, 0.5) is 0 Å². The van der Waals surface area contributed by atoms with Crippen LogP contribution < -0.4 is 4.74 Å². The van der Waals surface area contributed by atoms with E-state index in [1.54, 1.807) is 29.1 Å². The van der Waals surface area contributed by atoms with E-state index in [0.717, 1.165) is 0 Å². The van der Waals surface area contributed by atoms with Crippen molar-refractivity contribution >= 4 is 11.6 Å². The van der Waals surface area contributed by atoms with E-state index in [2.05, 4.69) is 10.2 Å². The Morgan fingerprint density at radius 3 is 2.94 bits per heavy atom. The van der Waals surface area contributed by atoms with Gasteiger partial charge in [0, 0.05) is 12.6 Å². The average molecular weight is 254 g/mol. The van der Waals surface area contributed by atoms with Crippen molar-refractivity contribution in [2.75, 3.05) is 0 Å². The molecule has 2 aromatic rings. The van der Waals surface area contributed by atoms with Crippen molar-refractivity contribution < 1.29 is 9.84 Å². The molecular formula is C11H12ClN3O2. The van der Waals surface area contributed by atoms with Crippen molar-refractivity contribution in [2.45, 2.75) is 13.2 Å². The van der Waals surface area contributed by atoms with Crippen LogP contribution in [0.15, 0.2) is 24.5 Å². The summed E-state index contributed by atoms with van der Waals surface area (Å²) in [4.78, 5) is 0. The minimum Gasteiger partial charge on any atom is -0.484 e. The van der Waals surface area contributed by atoms with Gasteiger partial charge in [-0.2, -0.15) is 0 Å². The first kappa shape index (κ1) is 11.9. The lowest BCUT2D eigenvalue weighted by Gasteiger charge is -2.11. The molecule has 17 heavy (non-hydrogen) atoms. The van der Waals surface area contributed by atoms with E-state index in [9.17, 15) is 5.11 Å². The molecule has 1 N–H and O–H groups in total. The molecule has 0 aliphatic rings. The van der Waals surface area contributed by atoms with Gasteiger partial charge in [0.05, 0.1) is 11.6 Å². The number of para-hydroxylation sites is 1. The molecule has 0 bridgehead atoms. The van der Waals surface area contributed by atoms with E-state index in [-0.39, 0.29) is 13.2 Å². The molecule has 0 radical (unpaired) electrons. The van der Waals surface area contributed by atoms with Gasteiger partial charge in [-0.05, 0) is 6.07 Å². The zero-order valence-electron chi connectivity index (χ0n) is 9.30. The summed E-state index contributed by atoms with van der Waals surface area (Å²) in [6.07, 6.45) is 1.60. The van der Waals surface area contributed by atoms with Gasteiger partial charge in [-0.3, -0.25) is 0 Å². The monoisotopic (exact) mass is 253 g/mol. The standard InChI is InChI=1S/C11H12ClN3O2/c1-15-7-13-14-10(15)6-17-11-8(5-16)3-2-4-9(11)12/h2-4,7,16H,5-6H2,1H3. The number of aliphatic hydroxyl groups is 1. The number of aryl methyl sites for hydroxylation is 1. The van der Waals surface area contributed by atoms with Crippen LogP contribution >= 0.6 is 11.6 Å². The first-order valence-corrected chi connectivity index (χ1v) is 5.44. The smallest absolute Gasteiger partial charge is 0.170 e. The Hall–Kier alpha value is -1.59. The van der Waals surface area contributed by atoms with E-state index >= 15 is 0 Å². The van der Waals surface area contributed by atoms with Crippen molar-refractivity contribution in [3.05, 3.63) is 40.9 Å². The fraction of sp³-hybridized carbons (Fsp3) is 0.273. The van der Waals surface area contributed by atoms with Crippen molar-refractivity contribution in [1.29, 1.82) is 0 Å². The molecule has 0 saturated carbocycles. The number of halogens is 1.